The van der Waals surface area contributed by atoms with Crippen LogP contribution in [0.15, 0.2) is 18.2 Å². The second-order valence-electron chi connectivity index (χ2n) is 6.29. The monoisotopic (exact) mass is 288 g/mol. The van der Waals surface area contributed by atoms with Gasteiger partial charge in [0.05, 0.1) is 12.2 Å². The number of hydrogen-bond donors (Lipinski definition) is 1. The molecule has 116 valence electrons. The molecule has 3 heteroatoms. The Kier molecular flexibility index (Phi) is 6.23. The quantitative estimate of drug-likeness (QED) is 0.819. The van der Waals surface area contributed by atoms with Gasteiger partial charge in [0.2, 0.25) is 0 Å². The zero-order valence-corrected chi connectivity index (χ0v) is 14.2. The Bertz CT molecular complexity index is 504. The van der Waals surface area contributed by atoms with Crippen LogP contribution in [-0.2, 0) is 0 Å². The van der Waals surface area contributed by atoms with Crippen molar-refractivity contribution in [1.29, 1.82) is 5.26 Å². The zero-order valence-electron chi connectivity index (χ0n) is 14.2. The summed E-state index contributed by atoms with van der Waals surface area (Å²) in [6.07, 6.45) is 0.637. The molecule has 2 unspecified atom stereocenters. The summed E-state index contributed by atoms with van der Waals surface area (Å²) in [6.45, 7) is 13.1. The molecule has 21 heavy (non-hydrogen) atoms. The summed E-state index contributed by atoms with van der Waals surface area (Å²) in [4.78, 5) is 0. The normalized spacial score (nSPS) is 15.3. The number of aryl methyl sites for hydroxylation is 1. The average Bonchev–Trinajstić information content (AvgIpc) is 2.41. The molecule has 1 N–H and O–H groups in total. The van der Waals surface area contributed by atoms with Gasteiger partial charge in [-0.1, -0.05) is 32.9 Å². The van der Waals surface area contributed by atoms with E-state index in [9.17, 15) is 5.26 Å². The third-order valence-corrected chi connectivity index (χ3v) is 3.72. The highest BCUT2D eigenvalue weighted by atomic mass is 16.5. The minimum absolute atomic E-state index is 0.0187. The standard InChI is InChI=1S/C18H28N2O/c1-7-20-18(6,12-19)11-15(5)21-17-10-16(13(2)3)9-8-14(17)4/h8-10,13,15,20H,7,11H2,1-6H3. The fourth-order valence-electron chi connectivity index (χ4n) is 2.48. The third-order valence-electron chi connectivity index (χ3n) is 3.72. The van der Waals surface area contributed by atoms with Crippen molar-refractivity contribution in [2.75, 3.05) is 6.54 Å². The van der Waals surface area contributed by atoms with E-state index in [4.69, 9.17) is 4.74 Å². The molecule has 0 saturated carbocycles. The van der Waals surface area contributed by atoms with Crippen LogP contribution in [0.3, 0.4) is 0 Å². The lowest BCUT2D eigenvalue weighted by molar-refractivity contribution is 0.179. The van der Waals surface area contributed by atoms with Crippen molar-refractivity contribution >= 4 is 0 Å². The van der Waals surface area contributed by atoms with Crippen LogP contribution in [0.5, 0.6) is 5.75 Å². The second-order valence-corrected chi connectivity index (χ2v) is 6.29. The van der Waals surface area contributed by atoms with Crippen molar-refractivity contribution in [3.8, 4) is 11.8 Å². The van der Waals surface area contributed by atoms with E-state index >= 15 is 0 Å². The number of hydrogen-bond acceptors (Lipinski definition) is 3. The predicted octanol–water partition coefficient (Wildman–Crippen LogP) is 4.17. The second kappa shape index (κ2) is 7.47. The number of nitrogens with zero attached hydrogens (tertiary/aromatic N) is 1. The van der Waals surface area contributed by atoms with E-state index in [1.54, 1.807) is 0 Å². The maximum absolute atomic E-state index is 9.33. The number of nitriles is 1. The molecular formula is C18H28N2O. The van der Waals surface area contributed by atoms with Gasteiger partial charge in [-0.2, -0.15) is 5.26 Å². The van der Waals surface area contributed by atoms with Gasteiger partial charge in [0.15, 0.2) is 0 Å². The topological polar surface area (TPSA) is 45.0 Å². The summed E-state index contributed by atoms with van der Waals surface area (Å²) in [6, 6.07) is 8.72. The molecule has 0 aliphatic rings. The van der Waals surface area contributed by atoms with Crippen LogP contribution < -0.4 is 10.1 Å². The number of nitrogens with one attached hydrogen (secondary N) is 1. The predicted molar refractivity (Wildman–Crippen MR) is 87.7 cm³/mol. The molecule has 0 heterocycles. The number of benzene rings is 1. The first kappa shape index (κ1) is 17.5. The van der Waals surface area contributed by atoms with E-state index in [1.165, 1.54) is 5.56 Å². The molecule has 0 aromatic heterocycles. The SMILES string of the molecule is CCNC(C)(C#N)CC(C)Oc1cc(C(C)C)ccc1C. The lowest BCUT2D eigenvalue weighted by Gasteiger charge is -2.27. The molecule has 0 radical (unpaired) electrons. The van der Waals surface area contributed by atoms with Gasteiger partial charge in [0.1, 0.15) is 11.3 Å². The summed E-state index contributed by atoms with van der Waals surface area (Å²) in [5.41, 5.74) is 1.86. The Morgan fingerprint density at radius 2 is 2.00 bits per heavy atom. The van der Waals surface area contributed by atoms with Gasteiger partial charge in [0, 0.05) is 6.42 Å². The number of rotatable bonds is 7. The molecule has 1 rings (SSSR count). The van der Waals surface area contributed by atoms with E-state index in [2.05, 4.69) is 50.4 Å². The van der Waals surface area contributed by atoms with Crippen LogP contribution in [-0.4, -0.2) is 18.2 Å². The Hall–Kier alpha value is -1.53. The van der Waals surface area contributed by atoms with E-state index in [-0.39, 0.29) is 6.10 Å². The fourth-order valence-corrected chi connectivity index (χ4v) is 2.48. The van der Waals surface area contributed by atoms with Crippen LogP contribution in [0.4, 0.5) is 0 Å². The Morgan fingerprint density at radius 1 is 1.33 bits per heavy atom. The van der Waals surface area contributed by atoms with Gasteiger partial charge in [0.25, 0.3) is 0 Å². The summed E-state index contributed by atoms with van der Waals surface area (Å²) < 4.78 is 6.09. The van der Waals surface area contributed by atoms with Crippen LogP contribution in [0.25, 0.3) is 0 Å². The van der Waals surface area contributed by atoms with Crippen LogP contribution in [0.1, 0.15) is 58.1 Å². The van der Waals surface area contributed by atoms with Crippen molar-refractivity contribution in [2.45, 2.75) is 65.5 Å². The van der Waals surface area contributed by atoms with Crippen LogP contribution in [0.2, 0.25) is 0 Å². The molecule has 1 aromatic rings. The maximum Gasteiger partial charge on any atom is 0.122 e. The lowest BCUT2D eigenvalue weighted by atomic mass is 9.96. The van der Waals surface area contributed by atoms with Crippen molar-refractivity contribution in [2.24, 2.45) is 0 Å². The first-order valence-corrected chi connectivity index (χ1v) is 7.74. The summed E-state index contributed by atoms with van der Waals surface area (Å²) in [5, 5.41) is 12.6. The molecule has 0 fully saturated rings. The third kappa shape index (κ3) is 5.06. The van der Waals surface area contributed by atoms with Gasteiger partial charge in [-0.25, -0.2) is 0 Å². The molecule has 3 nitrogen and oxygen atoms in total. The summed E-state index contributed by atoms with van der Waals surface area (Å²) in [5.74, 6) is 1.40. The van der Waals surface area contributed by atoms with E-state index < -0.39 is 5.54 Å². The summed E-state index contributed by atoms with van der Waals surface area (Å²) in [7, 11) is 0. The Labute approximate surface area is 129 Å². The molecule has 0 bridgehead atoms. The van der Waals surface area contributed by atoms with E-state index in [0.29, 0.717) is 12.3 Å². The first-order chi connectivity index (χ1) is 9.81. The van der Waals surface area contributed by atoms with Gasteiger partial charge in [-0.05, 0) is 50.4 Å². The smallest absolute Gasteiger partial charge is 0.122 e. The van der Waals surface area contributed by atoms with E-state index in [1.807, 2.05) is 20.8 Å². The molecule has 0 saturated heterocycles. The van der Waals surface area contributed by atoms with Gasteiger partial charge in [-0.15, -0.1) is 0 Å². The minimum Gasteiger partial charge on any atom is -0.490 e. The maximum atomic E-state index is 9.33. The molecule has 0 amide bonds. The largest absolute Gasteiger partial charge is 0.490 e. The highest BCUT2D eigenvalue weighted by Crippen LogP contribution is 2.26. The number of ether oxygens (including phenoxy) is 1. The van der Waals surface area contributed by atoms with Gasteiger partial charge in [-0.3, -0.25) is 5.32 Å². The highest BCUT2D eigenvalue weighted by Gasteiger charge is 2.26. The molecule has 0 aliphatic heterocycles. The molecular weight excluding hydrogens is 260 g/mol. The average molecular weight is 288 g/mol. The van der Waals surface area contributed by atoms with Crippen molar-refractivity contribution in [3.05, 3.63) is 29.3 Å². The van der Waals surface area contributed by atoms with Crippen LogP contribution >= 0.6 is 0 Å². The van der Waals surface area contributed by atoms with Crippen molar-refractivity contribution in [3.63, 3.8) is 0 Å². The summed E-state index contributed by atoms with van der Waals surface area (Å²) >= 11 is 0. The zero-order chi connectivity index (χ0) is 16.0. The minimum atomic E-state index is -0.544. The van der Waals surface area contributed by atoms with Crippen molar-refractivity contribution in [1.82, 2.24) is 5.32 Å². The lowest BCUT2D eigenvalue weighted by Crippen LogP contribution is -2.44. The fraction of sp³-hybridized carbons (Fsp3) is 0.611. The van der Waals surface area contributed by atoms with E-state index in [0.717, 1.165) is 17.9 Å². The Morgan fingerprint density at radius 3 is 2.52 bits per heavy atom. The molecule has 0 aliphatic carbocycles. The van der Waals surface area contributed by atoms with Crippen molar-refractivity contribution < 1.29 is 4.74 Å². The van der Waals surface area contributed by atoms with Gasteiger partial charge < -0.3 is 4.74 Å². The van der Waals surface area contributed by atoms with Crippen LogP contribution in [0, 0.1) is 18.3 Å². The molecule has 0 spiro atoms. The highest BCUT2D eigenvalue weighted by molar-refractivity contribution is 5.38. The first-order valence-electron chi connectivity index (χ1n) is 7.74. The molecule has 2 atom stereocenters. The molecule has 1 aromatic carbocycles. The Balaban J connectivity index is 2.81. The van der Waals surface area contributed by atoms with Gasteiger partial charge >= 0.3 is 0 Å².